The van der Waals surface area contributed by atoms with Crippen molar-refractivity contribution in [2.75, 3.05) is 18.4 Å². The van der Waals surface area contributed by atoms with Crippen LogP contribution in [0.1, 0.15) is 39.4 Å². The lowest BCUT2D eigenvalue weighted by Crippen LogP contribution is -2.44. The van der Waals surface area contributed by atoms with Gasteiger partial charge in [0, 0.05) is 30.4 Å². The molecule has 0 unspecified atom stereocenters. The SMILES string of the molecule is CC(C)(C)OC(=O)N1CCC(Nc2ccnc(COc3ccc(Cl)cc3F)n2)CC1. The lowest BCUT2D eigenvalue weighted by atomic mass is 10.1. The molecule has 1 aromatic heterocycles. The predicted molar refractivity (Wildman–Crippen MR) is 112 cm³/mol. The molecule has 7 nitrogen and oxygen atoms in total. The molecule has 3 rings (SSSR count). The summed E-state index contributed by atoms with van der Waals surface area (Å²) < 4.78 is 24.7. The van der Waals surface area contributed by atoms with Gasteiger partial charge in [0.25, 0.3) is 0 Å². The lowest BCUT2D eigenvalue weighted by molar-refractivity contribution is 0.0210. The van der Waals surface area contributed by atoms with Crippen molar-refractivity contribution in [3.8, 4) is 5.75 Å². The van der Waals surface area contributed by atoms with Crippen LogP contribution >= 0.6 is 11.6 Å². The third-order valence-electron chi connectivity index (χ3n) is 4.45. The van der Waals surface area contributed by atoms with Crippen LogP contribution in [0.3, 0.4) is 0 Å². The van der Waals surface area contributed by atoms with Crippen molar-refractivity contribution >= 4 is 23.5 Å². The van der Waals surface area contributed by atoms with E-state index in [2.05, 4.69) is 15.3 Å². The Morgan fingerprint density at radius 1 is 1.30 bits per heavy atom. The highest BCUT2D eigenvalue weighted by Crippen LogP contribution is 2.22. The number of hydrogen-bond donors (Lipinski definition) is 1. The summed E-state index contributed by atoms with van der Waals surface area (Å²) in [5.74, 6) is 0.654. The summed E-state index contributed by atoms with van der Waals surface area (Å²) in [5, 5.41) is 3.67. The van der Waals surface area contributed by atoms with E-state index in [-0.39, 0.29) is 24.5 Å². The molecule has 0 atom stereocenters. The van der Waals surface area contributed by atoms with Crippen LogP contribution in [0.15, 0.2) is 30.5 Å². The van der Waals surface area contributed by atoms with Crippen molar-refractivity contribution in [3.05, 3.63) is 47.1 Å². The molecule has 1 aliphatic heterocycles. The maximum Gasteiger partial charge on any atom is 0.410 e. The number of ether oxygens (including phenoxy) is 2. The van der Waals surface area contributed by atoms with Crippen molar-refractivity contribution in [2.45, 2.75) is 51.9 Å². The fourth-order valence-electron chi connectivity index (χ4n) is 3.03. The van der Waals surface area contributed by atoms with E-state index in [1.54, 1.807) is 23.2 Å². The maximum atomic E-state index is 13.8. The zero-order chi connectivity index (χ0) is 21.7. The second-order valence-corrected chi connectivity index (χ2v) is 8.54. The van der Waals surface area contributed by atoms with Crippen molar-refractivity contribution in [1.82, 2.24) is 14.9 Å². The first kappa shape index (κ1) is 22.1. The summed E-state index contributed by atoms with van der Waals surface area (Å²) in [6, 6.07) is 6.17. The van der Waals surface area contributed by atoms with Gasteiger partial charge in [-0.05, 0) is 57.9 Å². The van der Waals surface area contributed by atoms with Crippen LogP contribution in [-0.4, -0.2) is 45.7 Å². The number of nitrogens with zero attached hydrogens (tertiary/aromatic N) is 3. The first-order valence-electron chi connectivity index (χ1n) is 9.84. The first-order valence-corrected chi connectivity index (χ1v) is 10.2. The van der Waals surface area contributed by atoms with Crippen LogP contribution in [0.2, 0.25) is 5.02 Å². The number of likely N-dealkylation sites (tertiary alicyclic amines) is 1. The van der Waals surface area contributed by atoms with Gasteiger partial charge in [-0.2, -0.15) is 0 Å². The molecule has 1 N–H and O–H groups in total. The largest absolute Gasteiger partial charge is 0.483 e. The molecule has 0 saturated carbocycles. The van der Waals surface area contributed by atoms with Crippen LogP contribution in [0.4, 0.5) is 15.0 Å². The van der Waals surface area contributed by atoms with Gasteiger partial charge in [0.2, 0.25) is 0 Å². The molecule has 0 spiro atoms. The molecule has 0 bridgehead atoms. The number of halogens is 2. The monoisotopic (exact) mass is 436 g/mol. The number of carbonyl (C=O) groups excluding carboxylic acids is 1. The molecule has 1 saturated heterocycles. The van der Waals surface area contributed by atoms with Crippen molar-refractivity contribution < 1.29 is 18.7 Å². The number of rotatable bonds is 5. The number of hydrogen-bond acceptors (Lipinski definition) is 6. The van der Waals surface area contributed by atoms with Crippen LogP contribution in [0.5, 0.6) is 5.75 Å². The second kappa shape index (κ2) is 9.47. The summed E-state index contributed by atoms with van der Waals surface area (Å²) in [4.78, 5) is 22.5. The smallest absolute Gasteiger partial charge is 0.410 e. The Hall–Kier alpha value is -2.61. The van der Waals surface area contributed by atoms with Crippen LogP contribution in [-0.2, 0) is 11.3 Å². The van der Waals surface area contributed by atoms with E-state index < -0.39 is 11.4 Å². The number of benzene rings is 1. The molecule has 1 aromatic carbocycles. The number of aromatic nitrogens is 2. The number of anilines is 1. The fraction of sp³-hybridized carbons (Fsp3) is 0.476. The van der Waals surface area contributed by atoms with E-state index in [0.717, 1.165) is 12.8 Å². The van der Waals surface area contributed by atoms with Gasteiger partial charge in [0.05, 0.1) is 0 Å². The molecule has 30 heavy (non-hydrogen) atoms. The van der Waals surface area contributed by atoms with Crippen LogP contribution < -0.4 is 10.1 Å². The third kappa shape index (κ3) is 6.45. The number of carbonyl (C=O) groups is 1. The average molecular weight is 437 g/mol. The molecular formula is C21H26ClFN4O3. The van der Waals surface area contributed by atoms with Gasteiger partial charge in [0.1, 0.15) is 18.0 Å². The van der Waals surface area contributed by atoms with E-state index in [1.165, 1.54) is 12.1 Å². The molecule has 1 fully saturated rings. The second-order valence-electron chi connectivity index (χ2n) is 8.11. The van der Waals surface area contributed by atoms with Gasteiger partial charge in [0.15, 0.2) is 17.4 Å². The molecule has 1 aliphatic rings. The van der Waals surface area contributed by atoms with Gasteiger partial charge < -0.3 is 19.7 Å². The Bertz CT molecular complexity index is 883. The third-order valence-corrected chi connectivity index (χ3v) is 4.69. The summed E-state index contributed by atoms with van der Waals surface area (Å²) in [6.45, 7) is 6.84. The van der Waals surface area contributed by atoms with E-state index in [4.69, 9.17) is 21.1 Å². The highest BCUT2D eigenvalue weighted by atomic mass is 35.5. The fourth-order valence-corrected chi connectivity index (χ4v) is 3.18. The standard InChI is InChI=1S/C21H26ClFN4O3/c1-21(2,3)30-20(28)27-10-7-15(8-11-27)25-18-6-9-24-19(26-18)13-29-17-5-4-14(22)12-16(17)23/h4-6,9,12,15H,7-8,10-11,13H2,1-3H3,(H,24,25,26). The Labute approximate surface area is 180 Å². The minimum Gasteiger partial charge on any atom is -0.483 e. The zero-order valence-corrected chi connectivity index (χ0v) is 18.1. The average Bonchev–Trinajstić information content (AvgIpc) is 2.67. The molecule has 2 heterocycles. The molecular weight excluding hydrogens is 411 g/mol. The van der Waals surface area contributed by atoms with E-state index in [0.29, 0.717) is 29.8 Å². The lowest BCUT2D eigenvalue weighted by Gasteiger charge is -2.33. The molecule has 2 aromatic rings. The zero-order valence-electron chi connectivity index (χ0n) is 17.3. The van der Waals surface area contributed by atoms with Crippen molar-refractivity contribution in [1.29, 1.82) is 0 Å². The van der Waals surface area contributed by atoms with Crippen LogP contribution in [0.25, 0.3) is 0 Å². The minimum absolute atomic E-state index is 0.0329. The molecule has 0 aliphatic carbocycles. The quantitative estimate of drug-likeness (QED) is 0.734. The van der Waals surface area contributed by atoms with Gasteiger partial charge in [-0.3, -0.25) is 0 Å². The summed E-state index contributed by atoms with van der Waals surface area (Å²) in [5.41, 5.74) is -0.499. The van der Waals surface area contributed by atoms with Gasteiger partial charge in [-0.15, -0.1) is 0 Å². The van der Waals surface area contributed by atoms with E-state index in [1.807, 2.05) is 20.8 Å². The molecule has 162 valence electrons. The number of nitrogens with one attached hydrogen (secondary N) is 1. The van der Waals surface area contributed by atoms with E-state index >= 15 is 0 Å². The Kier molecular flexibility index (Phi) is 6.97. The highest BCUT2D eigenvalue weighted by molar-refractivity contribution is 6.30. The number of piperidine rings is 1. The molecule has 1 amide bonds. The normalized spacial score (nSPS) is 15.0. The van der Waals surface area contributed by atoms with Crippen molar-refractivity contribution in [3.63, 3.8) is 0 Å². The Morgan fingerprint density at radius 3 is 2.70 bits per heavy atom. The van der Waals surface area contributed by atoms with Gasteiger partial charge >= 0.3 is 6.09 Å². The topological polar surface area (TPSA) is 76.6 Å². The summed E-state index contributed by atoms with van der Waals surface area (Å²) in [6.07, 6.45) is 2.91. The van der Waals surface area contributed by atoms with Crippen molar-refractivity contribution in [2.24, 2.45) is 0 Å². The Balaban J connectivity index is 1.50. The van der Waals surface area contributed by atoms with Crippen LogP contribution in [0, 0.1) is 5.82 Å². The highest BCUT2D eigenvalue weighted by Gasteiger charge is 2.27. The number of amides is 1. The molecule has 0 radical (unpaired) electrons. The van der Waals surface area contributed by atoms with Gasteiger partial charge in [-0.25, -0.2) is 19.2 Å². The maximum absolute atomic E-state index is 13.8. The first-order chi connectivity index (χ1) is 14.2. The van der Waals surface area contributed by atoms with Gasteiger partial charge in [-0.1, -0.05) is 11.6 Å². The Morgan fingerprint density at radius 2 is 2.03 bits per heavy atom. The molecule has 9 heteroatoms. The van der Waals surface area contributed by atoms with E-state index in [9.17, 15) is 9.18 Å². The summed E-state index contributed by atoms with van der Waals surface area (Å²) in [7, 11) is 0. The predicted octanol–water partition coefficient (Wildman–Crippen LogP) is 4.66. The minimum atomic E-state index is -0.534. The summed E-state index contributed by atoms with van der Waals surface area (Å²) >= 11 is 5.74.